The number of halogens is 2. The lowest BCUT2D eigenvalue weighted by Crippen LogP contribution is -2.08. The molecule has 0 bridgehead atoms. The van der Waals surface area contributed by atoms with Gasteiger partial charge in [0.05, 0.1) is 29.4 Å². The summed E-state index contributed by atoms with van der Waals surface area (Å²) in [5.41, 5.74) is 2.34. The van der Waals surface area contributed by atoms with E-state index in [0.29, 0.717) is 17.1 Å². The number of ether oxygens (including phenoxy) is 1. The van der Waals surface area contributed by atoms with E-state index in [0.717, 1.165) is 49.2 Å². The highest BCUT2D eigenvalue weighted by molar-refractivity contribution is 6.31. The Labute approximate surface area is 163 Å². The number of nitrogens with zero attached hydrogens (tertiary/aromatic N) is 2. The van der Waals surface area contributed by atoms with Crippen molar-refractivity contribution in [1.29, 1.82) is 0 Å². The molecule has 1 fully saturated rings. The fraction of sp³-hybridized carbons (Fsp3) is 0.389. The second-order valence-electron chi connectivity index (χ2n) is 6.05. The van der Waals surface area contributed by atoms with Crippen LogP contribution in [0.2, 0.25) is 5.02 Å². The number of hydrogen-bond donors (Lipinski definition) is 2. The normalized spacial score (nSPS) is 16.1. The fourth-order valence-corrected chi connectivity index (χ4v) is 3.00. The SMILES string of the molecule is Cl.O=C(O)Cc1ccc(Nc2ncc(Cl)c(CCC3CCCO3)n2)cc1. The van der Waals surface area contributed by atoms with Gasteiger partial charge in [0, 0.05) is 12.3 Å². The van der Waals surface area contributed by atoms with E-state index in [-0.39, 0.29) is 18.8 Å². The van der Waals surface area contributed by atoms with Crippen LogP contribution in [0.3, 0.4) is 0 Å². The molecule has 1 aliphatic rings. The van der Waals surface area contributed by atoms with Crippen molar-refractivity contribution in [3.63, 3.8) is 0 Å². The summed E-state index contributed by atoms with van der Waals surface area (Å²) in [7, 11) is 0. The van der Waals surface area contributed by atoms with Gasteiger partial charge in [-0.3, -0.25) is 4.79 Å². The molecule has 2 heterocycles. The predicted molar refractivity (Wildman–Crippen MR) is 103 cm³/mol. The number of aryl methyl sites for hydroxylation is 1. The van der Waals surface area contributed by atoms with Crippen LogP contribution in [0.5, 0.6) is 0 Å². The molecular weight excluding hydrogens is 377 g/mol. The molecule has 0 radical (unpaired) electrons. The van der Waals surface area contributed by atoms with Gasteiger partial charge in [-0.05, 0) is 43.4 Å². The minimum absolute atomic E-state index is 0. The highest BCUT2D eigenvalue weighted by atomic mass is 35.5. The lowest BCUT2D eigenvalue weighted by atomic mass is 10.1. The van der Waals surface area contributed by atoms with Crippen molar-refractivity contribution in [2.45, 2.75) is 38.2 Å². The molecular formula is C18H21Cl2N3O3. The second kappa shape index (κ2) is 9.71. The van der Waals surface area contributed by atoms with Gasteiger partial charge in [0.2, 0.25) is 5.95 Å². The van der Waals surface area contributed by atoms with Crippen molar-refractivity contribution in [1.82, 2.24) is 9.97 Å². The molecule has 0 amide bonds. The third-order valence-corrected chi connectivity index (χ3v) is 4.42. The summed E-state index contributed by atoms with van der Waals surface area (Å²) in [6.45, 7) is 0.840. The maximum absolute atomic E-state index is 10.7. The van der Waals surface area contributed by atoms with Crippen LogP contribution in [-0.2, 0) is 22.4 Å². The van der Waals surface area contributed by atoms with Gasteiger partial charge in [0.15, 0.2) is 0 Å². The van der Waals surface area contributed by atoms with Crippen molar-refractivity contribution in [2.75, 3.05) is 11.9 Å². The van der Waals surface area contributed by atoms with Crippen LogP contribution >= 0.6 is 24.0 Å². The van der Waals surface area contributed by atoms with Crippen LogP contribution in [0.25, 0.3) is 0 Å². The highest BCUT2D eigenvalue weighted by Gasteiger charge is 2.16. The molecule has 140 valence electrons. The number of carboxylic acids is 1. The third-order valence-electron chi connectivity index (χ3n) is 4.11. The van der Waals surface area contributed by atoms with Crippen LogP contribution in [-0.4, -0.2) is 33.8 Å². The Balaban J connectivity index is 0.00000243. The number of carboxylic acid groups (broad SMARTS) is 1. The first-order valence-corrected chi connectivity index (χ1v) is 8.69. The quantitative estimate of drug-likeness (QED) is 0.733. The van der Waals surface area contributed by atoms with Gasteiger partial charge in [0.25, 0.3) is 0 Å². The van der Waals surface area contributed by atoms with Crippen LogP contribution in [0, 0.1) is 0 Å². The van der Waals surface area contributed by atoms with Crippen molar-refractivity contribution in [3.8, 4) is 0 Å². The van der Waals surface area contributed by atoms with Gasteiger partial charge in [-0.2, -0.15) is 0 Å². The van der Waals surface area contributed by atoms with Crippen molar-refractivity contribution in [3.05, 3.63) is 46.7 Å². The van der Waals surface area contributed by atoms with E-state index in [9.17, 15) is 4.79 Å². The van der Waals surface area contributed by atoms with E-state index in [1.165, 1.54) is 0 Å². The topological polar surface area (TPSA) is 84.3 Å². The van der Waals surface area contributed by atoms with Crippen molar-refractivity contribution < 1.29 is 14.6 Å². The summed E-state index contributed by atoms with van der Waals surface area (Å²) in [5.74, 6) is -0.379. The molecule has 8 heteroatoms. The maximum atomic E-state index is 10.7. The summed E-state index contributed by atoms with van der Waals surface area (Å²) < 4.78 is 5.64. The predicted octanol–water partition coefficient (Wildman–Crippen LogP) is 4.03. The van der Waals surface area contributed by atoms with Gasteiger partial charge in [-0.15, -0.1) is 12.4 Å². The summed E-state index contributed by atoms with van der Waals surface area (Å²) in [4.78, 5) is 19.4. The summed E-state index contributed by atoms with van der Waals surface area (Å²) in [6.07, 6.45) is 5.76. The lowest BCUT2D eigenvalue weighted by Gasteiger charge is -2.11. The fourth-order valence-electron chi connectivity index (χ4n) is 2.82. The molecule has 1 aromatic heterocycles. The minimum atomic E-state index is -0.849. The van der Waals surface area contributed by atoms with E-state index in [1.54, 1.807) is 18.3 Å². The Hall–Kier alpha value is -1.89. The zero-order valence-electron chi connectivity index (χ0n) is 14.2. The molecule has 6 nitrogen and oxygen atoms in total. The zero-order chi connectivity index (χ0) is 17.6. The zero-order valence-corrected chi connectivity index (χ0v) is 15.7. The summed E-state index contributed by atoms with van der Waals surface area (Å²) in [6, 6.07) is 7.15. The van der Waals surface area contributed by atoms with Crippen LogP contribution in [0.4, 0.5) is 11.6 Å². The molecule has 0 spiro atoms. The summed E-state index contributed by atoms with van der Waals surface area (Å²) >= 11 is 6.20. The number of aromatic nitrogens is 2. The van der Waals surface area contributed by atoms with Crippen LogP contribution < -0.4 is 5.32 Å². The van der Waals surface area contributed by atoms with Crippen molar-refractivity contribution >= 4 is 41.6 Å². The van der Waals surface area contributed by atoms with Gasteiger partial charge in [-0.25, -0.2) is 9.97 Å². The molecule has 26 heavy (non-hydrogen) atoms. The van der Waals surface area contributed by atoms with Gasteiger partial charge in [-0.1, -0.05) is 23.7 Å². The molecule has 2 N–H and O–H groups in total. The largest absolute Gasteiger partial charge is 0.481 e. The molecule has 1 atom stereocenters. The van der Waals surface area contributed by atoms with Gasteiger partial charge in [0.1, 0.15) is 0 Å². The minimum Gasteiger partial charge on any atom is -0.481 e. The molecule has 1 aromatic carbocycles. The van der Waals surface area contributed by atoms with Crippen LogP contribution in [0.15, 0.2) is 30.5 Å². The van der Waals surface area contributed by atoms with Gasteiger partial charge < -0.3 is 15.2 Å². The Bertz CT molecular complexity index is 735. The third kappa shape index (κ3) is 5.83. The number of carbonyl (C=O) groups is 1. The molecule has 1 unspecified atom stereocenters. The molecule has 0 saturated carbocycles. The Kier molecular flexibility index (Phi) is 7.63. The number of rotatable bonds is 7. The van der Waals surface area contributed by atoms with Gasteiger partial charge >= 0.3 is 5.97 Å². The van der Waals surface area contributed by atoms with E-state index in [1.807, 2.05) is 12.1 Å². The lowest BCUT2D eigenvalue weighted by molar-refractivity contribution is -0.136. The van der Waals surface area contributed by atoms with E-state index in [2.05, 4.69) is 15.3 Å². The average Bonchev–Trinajstić information content (AvgIpc) is 3.10. The monoisotopic (exact) mass is 397 g/mol. The first kappa shape index (κ1) is 20.4. The highest BCUT2D eigenvalue weighted by Crippen LogP contribution is 2.22. The smallest absolute Gasteiger partial charge is 0.307 e. The number of benzene rings is 1. The van der Waals surface area contributed by atoms with Crippen molar-refractivity contribution in [2.24, 2.45) is 0 Å². The molecule has 0 aliphatic carbocycles. The van der Waals surface area contributed by atoms with Crippen LogP contribution in [0.1, 0.15) is 30.5 Å². The molecule has 1 saturated heterocycles. The Morgan fingerprint density at radius 3 is 2.77 bits per heavy atom. The Morgan fingerprint density at radius 2 is 2.12 bits per heavy atom. The maximum Gasteiger partial charge on any atom is 0.307 e. The number of anilines is 2. The number of aliphatic carboxylic acids is 1. The Morgan fingerprint density at radius 1 is 1.35 bits per heavy atom. The van der Waals surface area contributed by atoms with E-state index >= 15 is 0 Å². The second-order valence-corrected chi connectivity index (χ2v) is 6.46. The average molecular weight is 398 g/mol. The molecule has 1 aliphatic heterocycles. The van der Waals surface area contributed by atoms with E-state index in [4.69, 9.17) is 21.4 Å². The molecule has 3 rings (SSSR count). The standard InChI is InChI=1S/C18H20ClN3O3.ClH/c19-15-11-20-18(22-16(15)8-7-14-2-1-9-25-14)21-13-5-3-12(4-6-13)10-17(23)24;/h3-6,11,14H,1-2,7-10H2,(H,23,24)(H,20,21,22);1H. The first-order chi connectivity index (χ1) is 12.1. The first-order valence-electron chi connectivity index (χ1n) is 8.31. The number of nitrogens with one attached hydrogen (secondary N) is 1. The molecule has 2 aromatic rings. The number of hydrogen-bond acceptors (Lipinski definition) is 5. The summed E-state index contributed by atoms with van der Waals surface area (Å²) in [5, 5.41) is 12.5. The van der Waals surface area contributed by atoms with E-state index < -0.39 is 5.97 Å².